The molecule has 0 fully saturated rings. The van der Waals surface area contributed by atoms with Crippen LogP contribution in [-0.4, -0.2) is 27.7 Å². The standard InChI is InChI=1S/C22H24N2O4S/c1-5-17(21(26)27)24-18-12-16(28-13(2)3)10-11-19(18)29-22(24)23-20(25)15-8-6-14(4)7-9-15/h6-13,17H,5H2,1-4H3,(H,26,27)/b23-22-. The second-order valence-corrected chi connectivity index (χ2v) is 8.11. The van der Waals surface area contributed by atoms with E-state index in [1.54, 1.807) is 23.6 Å². The molecular weight excluding hydrogens is 388 g/mol. The number of carboxylic acid groups (broad SMARTS) is 1. The number of rotatable bonds is 6. The minimum Gasteiger partial charge on any atom is -0.491 e. The molecular formula is C22H24N2O4S. The third-order valence-electron chi connectivity index (χ3n) is 4.45. The molecule has 1 unspecified atom stereocenters. The molecule has 152 valence electrons. The van der Waals surface area contributed by atoms with Gasteiger partial charge in [0.2, 0.25) is 0 Å². The van der Waals surface area contributed by atoms with Gasteiger partial charge in [-0.2, -0.15) is 4.99 Å². The molecule has 0 bridgehead atoms. The number of ether oxygens (including phenoxy) is 1. The van der Waals surface area contributed by atoms with Crippen molar-refractivity contribution in [1.82, 2.24) is 4.57 Å². The Morgan fingerprint density at radius 2 is 1.86 bits per heavy atom. The molecule has 0 saturated carbocycles. The highest BCUT2D eigenvalue weighted by Gasteiger charge is 2.22. The molecule has 1 heterocycles. The number of thiazole rings is 1. The highest BCUT2D eigenvalue weighted by atomic mass is 32.1. The zero-order valence-corrected chi connectivity index (χ0v) is 17.7. The normalized spacial score (nSPS) is 13.1. The Morgan fingerprint density at radius 1 is 1.17 bits per heavy atom. The topological polar surface area (TPSA) is 80.9 Å². The van der Waals surface area contributed by atoms with E-state index in [1.165, 1.54) is 11.3 Å². The van der Waals surface area contributed by atoms with Gasteiger partial charge in [-0.3, -0.25) is 4.79 Å². The molecule has 1 atom stereocenters. The number of nitrogens with zero attached hydrogens (tertiary/aromatic N) is 2. The minimum atomic E-state index is -0.966. The van der Waals surface area contributed by atoms with Crippen LogP contribution in [0.5, 0.6) is 5.75 Å². The Bertz CT molecular complexity index is 1110. The zero-order valence-electron chi connectivity index (χ0n) is 16.9. The zero-order chi connectivity index (χ0) is 21.1. The van der Waals surface area contributed by atoms with Gasteiger partial charge in [-0.1, -0.05) is 36.0 Å². The molecule has 3 rings (SSSR count). The molecule has 2 aromatic carbocycles. The van der Waals surface area contributed by atoms with Gasteiger partial charge in [-0.05, 0) is 51.5 Å². The van der Waals surface area contributed by atoms with E-state index >= 15 is 0 Å². The molecule has 6 nitrogen and oxygen atoms in total. The van der Waals surface area contributed by atoms with Crippen molar-refractivity contribution in [3.63, 3.8) is 0 Å². The van der Waals surface area contributed by atoms with Crippen molar-refractivity contribution in [3.8, 4) is 5.75 Å². The number of aliphatic carboxylic acids is 1. The van der Waals surface area contributed by atoms with Gasteiger partial charge in [0, 0.05) is 11.6 Å². The van der Waals surface area contributed by atoms with Gasteiger partial charge in [0.25, 0.3) is 5.91 Å². The lowest BCUT2D eigenvalue weighted by Crippen LogP contribution is -2.27. The van der Waals surface area contributed by atoms with E-state index in [0.29, 0.717) is 28.1 Å². The van der Waals surface area contributed by atoms with E-state index < -0.39 is 17.9 Å². The SMILES string of the molecule is CCC(C(=O)O)n1/c(=N/C(=O)c2ccc(C)cc2)sc2ccc(OC(C)C)cc21. The second-order valence-electron chi connectivity index (χ2n) is 7.10. The summed E-state index contributed by atoms with van der Waals surface area (Å²) in [5, 5.41) is 9.75. The third-order valence-corrected chi connectivity index (χ3v) is 5.48. The van der Waals surface area contributed by atoms with E-state index in [-0.39, 0.29) is 6.10 Å². The number of benzene rings is 2. The fraction of sp³-hybridized carbons (Fsp3) is 0.318. The quantitative estimate of drug-likeness (QED) is 0.643. The number of aromatic nitrogens is 1. The molecule has 7 heteroatoms. The Hall–Kier alpha value is -2.93. The van der Waals surface area contributed by atoms with Gasteiger partial charge in [0.1, 0.15) is 11.8 Å². The van der Waals surface area contributed by atoms with Gasteiger partial charge < -0.3 is 14.4 Å². The molecule has 0 saturated heterocycles. The van der Waals surface area contributed by atoms with Crippen LogP contribution < -0.4 is 9.54 Å². The second kappa shape index (κ2) is 8.61. The number of hydrogen-bond acceptors (Lipinski definition) is 4. The first kappa shape index (κ1) is 20.8. The number of carbonyl (C=O) groups excluding carboxylic acids is 1. The van der Waals surface area contributed by atoms with Crippen LogP contribution in [0.25, 0.3) is 10.2 Å². The minimum absolute atomic E-state index is 0.00625. The maximum absolute atomic E-state index is 12.7. The van der Waals surface area contributed by atoms with Gasteiger partial charge in [0.05, 0.1) is 16.3 Å². The molecule has 3 aromatic rings. The Morgan fingerprint density at radius 3 is 2.45 bits per heavy atom. The first-order chi connectivity index (χ1) is 13.8. The van der Waals surface area contributed by atoms with Crippen molar-refractivity contribution in [2.24, 2.45) is 4.99 Å². The van der Waals surface area contributed by atoms with E-state index in [9.17, 15) is 14.7 Å². The maximum atomic E-state index is 12.7. The van der Waals surface area contributed by atoms with Crippen molar-refractivity contribution in [2.75, 3.05) is 0 Å². The summed E-state index contributed by atoms with van der Waals surface area (Å²) in [4.78, 5) is 29.2. The molecule has 1 N–H and O–H groups in total. The van der Waals surface area contributed by atoms with Crippen LogP contribution >= 0.6 is 11.3 Å². The lowest BCUT2D eigenvalue weighted by atomic mass is 10.1. The number of carboxylic acids is 1. The number of fused-ring (bicyclic) bond motifs is 1. The van der Waals surface area contributed by atoms with Gasteiger partial charge in [-0.25, -0.2) is 4.79 Å². The molecule has 0 radical (unpaired) electrons. The van der Waals surface area contributed by atoms with E-state index in [4.69, 9.17) is 4.74 Å². The highest BCUT2D eigenvalue weighted by Crippen LogP contribution is 2.27. The maximum Gasteiger partial charge on any atom is 0.326 e. The Labute approximate surface area is 173 Å². The number of carbonyl (C=O) groups is 2. The van der Waals surface area contributed by atoms with Crippen LogP contribution in [0.15, 0.2) is 47.5 Å². The number of amides is 1. The van der Waals surface area contributed by atoms with Gasteiger partial charge in [0.15, 0.2) is 4.80 Å². The highest BCUT2D eigenvalue weighted by molar-refractivity contribution is 7.16. The predicted octanol–water partition coefficient (Wildman–Crippen LogP) is 4.58. The van der Waals surface area contributed by atoms with Crippen LogP contribution in [0.4, 0.5) is 0 Å². The van der Waals surface area contributed by atoms with Crippen LogP contribution in [-0.2, 0) is 4.79 Å². The Kier molecular flexibility index (Phi) is 6.17. The molecule has 0 spiro atoms. The predicted molar refractivity (Wildman–Crippen MR) is 114 cm³/mol. The number of hydrogen-bond donors (Lipinski definition) is 1. The molecule has 0 aliphatic heterocycles. The van der Waals surface area contributed by atoms with Crippen molar-refractivity contribution in [3.05, 3.63) is 58.4 Å². The van der Waals surface area contributed by atoms with Crippen molar-refractivity contribution in [1.29, 1.82) is 0 Å². The first-order valence-electron chi connectivity index (χ1n) is 9.50. The number of aryl methyl sites for hydroxylation is 1. The summed E-state index contributed by atoms with van der Waals surface area (Å²) in [5.74, 6) is -0.716. The summed E-state index contributed by atoms with van der Waals surface area (Å²) in [7, 11) is 0. The summed E-state index contributed by atoms with van der Waals surface area (Å²) in [6, 6.07) is 11.8. The van der Waals surface area contributed by atoms with Crippen LogP contribution in [0.3, 0.4) is 0 Å². The molecule has 0 aliphatic carbocycles. The third kappa shape index (κ3) is 4.56. The fourth-order valence-corrected chi connectivity index (χ4v) is 4.11. The largest absolute Gasteiger partial charge is 0.491 e. The van der Waals surface area contributed by atoms with Crippen molar-refractivity contribution >= 4 is 33.4 Å². The molecule has 29 heavy (non-hydrogen) atoms. The molecule has 1 aromatic heterocycles. The smallest absolute Gasteiger partial charge is 0.326 e. The lowest BCUT2D eigenvalue weighted by molar-refractivity contribution is -0.140. The summed E-state index contributed by atoms with van der Waals surface area (Å²) < 4.78 is 8.24. The van der Waals surface area contributed by atoms with Crippen LogP contribution in [0.1, 0.15) is 49.2 Å². The molecule has 0 aliphatic rings. The van der Waals surface area contributed by atoms with E-state index in [2.05, 4.69) is 4.99 Å². The summed E-state index contributed by atoms with van der Waals surface area (Å²) in [5.41, 5.74) is 2.21. The average Bonchev–Trinajstić information content (AvgIpc) is 2.99. The van der Waals surface area contributed by atoms with Gasteiger partial charge >= 0.3 is 5.97 Å². The van der Waals surface area contributed by atoms with Gasteiger partial charge in [-0.15, -0.1) is 0 Å². The Balaban J connectivity index is 2.20. The molecule has 1 amide bonds. The summed E-state index contributed by atoms with van der Waals surface area (Å²) >= 11 is 1.30. The van der Waals surface area contributed by atoms with Crippen molar-refractivity contribution in [2.45, 2.75) is 46.3 Å². The summed E-state index contributed by atoms with van der Waals surface area (Å²) in [6.45, 7) is 7.61. The van der Waals surface area contributed by atoms with Crippen LogP contribution in [0, 0.1) is 6.92 Å². The summed E-state index contributed by atoms with van der Waals surface area (Å²) in [6.07, 6.45) is 0.357. The lowest BCUT2D eigenvalue weighted by Gasteiger charge is -2.14. The van der Waals surface area contributed by atoms with Crippen LogP contribution in [0.2, 0.25) is 0 Å². The monoisotopic (exact) mass is 412 g/mol. The van der Waals surface area contributed by atoms with Crippen molar-refractivity contribution < 1.29 is 19.4 Å². The fourth-order valence-electron chi connectivity index (χ4n) is 3.06. The van der Waals surface area contributed by atoms with E-state index in [1.807, 2.05) is 51.1 Å². The first-order valence-corrected chi connectivity index (χ1v) is 10.3. The average molecular weight is 413 g/mol. The van der Waals surface area contributed by atoms with E-state index in [0.717, 1.165) is 10.3 Å².